The van der Waals surface area contributed by atoms with Gasteiger partial charge in [-0.1, -0.05) is 91.0 Å². The van der Waals surface area contributed by atoms with Gasteiger partial charge in [0.05, 0.1) is 40.0 Å². The largest absolute Gasteiger partial charge is 0.308 e. The zero-order valence-corrected chi connectivity index (χ0v) is 29.0. The topological polar surface area (TPSA) is 91.2 Å². The number of nitriles is 2. The van der Waals surface area contributed by atoms with Gasteiger partial charge >= 0.3 is 0 Å². The van der Waals surface area contributed by atoms with E-state index in [9.17, 15) is 14.9 Å². The number of aromatic nitrogens is 4. The van der Waals surface area contributed by atoms with E-state index in [0.717, 1.165) is 50.1 Å². The van der Waals surface area contributed by atoms with Gasteiger partial charge in [-0.05, 0) is 77.4 Å². The van der Waals surface area contributed by atoms with E-state index >= 15 is 4.39 Å². The molecule has 0 saturated heterocycles. The molecule has 0 amide bonds. The van der Waals surface area contributed by atoms with Gasteiger partial charge in [-0.2, -0.15) is 10.5 Å². The van der Waals surface area contributed by atoms with Crippen molar-refractivity contribution in [1.82, 2.24) is 19.5 Å². The number of para-hydroxylation sites is 1. The van der Waals surface area contributed by atoms with Crippen molar-refractivity contribution in [2.24, 2.45) is 0 Å². The van der Waals surface area contributed by atoms with Crippen LogP contribution in [-0.4, -0.2) is 19.5 Å². The van der Waals surface area contributed by atoms with Crippen molar-refractivity contribution in [3.05, 3.63) is 180 Å². The fraction of sp³-hybridized carbons (Fsp3) is 0. The molecule has 9 aromatic rings. The van der Waals surface area contributed by atoms with Crippen LogP contribution in [0.15, 0.2) is 158 Å². The summed E-state index contributed by atoms with van der Waals surface area (Å²) in [5.41, 5.74) is 7.85. The molecule has 2 aromatic heterocycles. The normalized spacial score (nSPS) is 11.1. The molecule has 0 N–H and O–H groups in total. The molecule has 0 aliphatic carbocycles. The van der Waals surface area contributed by atoms with Crippen LogP contribution in [0.5, 0.6) is 0 Å². The van der Waals surface area contributed by atoms with Crippen LogP contribution in [0.3, 0.4) is 0 Å². The van der Waals surface area contributed by atoms with E-state index < -0.39 is 11.6 Å². The lowest BCUT2D eigenvalue weighted by Gasteiger charge is -2.17. The van der Waals surface area contributed by atoms with Crippen molar-refractivity contribution in [3.8, 4) is 74.2 Å². The SMILES string of the molecule is N#Cc1cc(C#N)cc(-c2ccc3c(c2)c2ccccc2n3-c2cc(-c3ccc(F)cc3F)ccc2-c2nc(-c3ccccc3)nc(-c3ccccc3)n2)c1. The fourth-order valence-corrected chi connectivity index (χ4v) is 7.06. The Hall–Kier alpha value is -7.81. The van der Waals surface area contributed by atoms with Gasteiger partial charge in [0.1, 0.15) is 11.6 Å². The molecule has 8 heteroatoms. The van der Waals surface area contributed by atoms with Gasteiger partial charge in [0.15, 0.2) is 17.5 Å². The van der Waals surface area contributed by atoms with Crippen molar-refractivity contribution in [2.45, 2.75) is 0 Å². The lowest BCUT2D eigenvalue weighted by atomic mass is 9.98. The number of halogens is 2. The maximum absolute atomic E-state index is 15.4. The predicted molar refractivity (Wildman–Crippen MR) is 211 cm³/mol. The van der Waals surface area contributed by atoms with E-state index in [0.29, 0.717) is 45.4 Å². The molecule has 0 unspecified atom stereocenters. The minimum Gasteiger partial charge on any atom is -0.308 e. The number of hydrogen-bond donors (Lipinski definition) is 0. The number of nitrogens with zero attached hydrogens (tertiary/aromatic N) is 6. The highest BCUT2D eigenvalue weighted by Gasteiger charge is 2.21. The minimum absolute atomic E-state index is 0.244. The van der Waals surface area contributed by atoms with Crippen molar-refractivity contribution in [1.29, 1.82) is 10.5 Å². The summed E-state index contributed by atoms with van der Waals surface area (Å²) in [6.07, 6.45) is 0. The Kier molecular flexibility index (Phi) is 8.19. The first-order valence-corrected chi connectivity index (χ1v) is 17.4. The summed E-state index contributed by atoms with van der Waals surface area (Å²) in [6.45, 7) is 0. The van der Waals surface area contributed by atoms with E-state index in [4.69, 9.17) is 15.0 Å². The van der Waals surface area contributed by atoms with E-state index in [2.05, 4.69) is 22.8 Å². The summed E-state index contributed by atoms with van der Waals surface area (Å²) < 4.78 is 31.6. The zero-order chi connectivity index (χ0) is 37.5. The van der Waals surface area contributed by atoms with Crippen LogP contribution in [-0.2, 0) is 0 Å². The quantitative estimate of drug-likeness (QED) is 0.171. The van der Waals surface area contributed by atoms with E-state index in [1.807, 2.05) is 109 Å². The summed E-state index contributed by atoms with van der Waals surface area (Å²) in [6, 6.07) is 52.0. The van der Waals surface area contributed by atoms with Crippen LogP contribution in [0, 0.1) is 34.3 Å². The lowest BCUT2D eigenvalue weighted by Crippen LogP contribution is -2.04. The lowest BCUT2D eigenvalue weighted by molar-refractivity contribution is 0.585. The highest BCUT2D eigenvalue weighted by atomic mass is 19.1. The third-order valence-corrected chi connectivity index (χ3v) is 9.62. The molecule has 0 spiro atoms. The number of rotatable bonds is 6. The molecule has 55 heavy (non-hydrogen) atoms. The standard InChI is InChI=1S/C47H26F2N6/c48-36-17-19-37(41(49)26-36)34-15-18-39(47-53-45(31-9-3-1-4-10-31)52-46(54-47)32-11-5-2-6-12-32)44(25-34)55-42-14-8-7-13-38(42)40-24-33(16-20-43(40)55)35-22-29(27-50)21-30(23-35)28-51/h1-26H. The first-order chi connectivity index (χ1) is 27.0. The molecular weight excluding hydrogens is 687 g/mol. The summed E-state index contributed by atoms with van der Waals surface area (Å²) in [7, 11) is 0. The summed E-state index contributed by atoms with van der Waals surface area (Å²) >= 11 is 0. The second kappa shape index (κ2) is 13.6. The van der Waals surface area contributed by atoms with Crippen LogP contribution < -0.4 is 0 Å². The summed E-state index contributed by atoms with van der Waals surface area (Å²) in [5, 5.41) is 21.2. The van der Waals surface area contributed by atoms with Crippen LogP contribution >= 0.6 is 0 Å². The molecule has 0 fully saturated rings. The van der Waals surface area contributed by atoms with E-state index in [1.165, 1.54) is 12.1 Å². The summed E-state index contributed by atoms with van der Waals surface area (Å²) in [5.74, 6) is 0.0543. The Bertz CT molecular complexity index is 2940. The second-order valence-electron chi connectivity index (χ2n) is 13.0. The van der Waals surface area contributed by atoms with Crippen LogP contribution in [0.1, 0.15) is 11.1 Å². The maximum Gasteiger partial charge on any atom is 0.166 e. The van der Waals surface area contributed by atoms with Gasteiger partial charge in [0, 0.05) is 39.1 Å². The Morgan fingerprint density at radius 1 is 0.436 bits per heavy atom. The Balaban J connectivity index is 1.34. The monoisotopic (exact) mass is 712 g/mol. The van der Waals surface area contributed by atoms with Crippen LogP contribution in [0.25, 0.3) is 83.9 Å². The van der Waals surface area contributed by atoms with Crippen molar-refractivity contribution >= 4 is 21.8 Å². The molecule has 0 radical (unpaired) electrons. The van der Waals surface area contributed by atoms with Gasteiger partial charge in [0.25, 0.3) is 0 Å². The first kappa shape index (κ1) is 33.1. The Morgan fingerprint density at radius 2 is 1.02 bits per heavy atom. The molecule has 0 aliphatic rings. The maximum atomic E-state index is 15.4. The third kappa shape index (κ3) is 6.04. The number of hydrogen-bond acceptors (Lipinski definition) is 5. The average molecular weight is 713 g/mol. The number of benzene rings is 7. The predicted octanol–water partition coefficient (Wildman–Crippen LogP) is 11.3. The van der Waals surface area contributed by atoms with E-state index in [1.54, 1.807) is 24.3 Å². The molecule has 0 atom stereocenters. The smallest absolute Gasteiger partial charge is 0.166 e. The molecule has 0 aliphatic heterocycles. The highest BCUT2D eigenvalue weighted by molar-refractivity contribution is 6.11. The molecule has 6 nitrogen and oxygen atoms in total. The third-order valence-electron chi connectivity index (χ3n) is 9.62. The van der Waals surface area contributed by atoms with Gasteiger partial charge in [-0.3, -0.25) is 0 Å². The van der Waals surface area contributed by atoms with Crippen LogP contribution in [0.4, 0.5) is 8.78 Å². The van der Waals surface area contributed by atoms with E-state index in [-0.39, 0.29) is 5.56 Å². The van der Waals surface area contributed by atoms with Gasteiger partial charge in [-0.15, -0.1) is 0 Å². The van der Waals surface area contributed by atoms with Gasteiger partial charge in [0.2, 0.25) is 0 Å². The second-order valence-corrected chi connectivity index (χ2v) is 13.0. The molecule has 2 heterocycles. The molecule has 9 rings (SSSR count). The van der Waals surface area contributed by atoms with Crippen LogP contribution in [0.2, 0.25) is 0 Å². The fourth-order valence-electron chi connectivity index (χ4n) is 7.06. The first-order valence-electron chi connectivity index (χ1n) is 17.4. The number of fused-ring (bicyclic) bond motifs is 3. The Labute approximate surface area is 314 Å². The molecule has 0 saturated carbocycles. The van der Waals surface area contributed by atoms with Crippen molar-refractivity contribution in [2.75, 3.05) is 0 Å². The van der Waals surface area contributed by atoms with Gasteiger partial charge < -0.3 is 4.57 Å². The van der Waals surface area contributed by atoms with Crippen molar-refractivity contribution in [3.63, 3.8) is 0 Å². The minimum atomic E-state index is -0.681. The molecular formula is C47H26F2N6. The molecule has 258 valence electrons. The Morgan fingerprint density at radius 3 is 1.67 bits per heavy atom. The van der Waals surface area contributed by atoms with Gasteiger partial charge in [-0.25, -0.2) is 23.7 Å². The molecule has 7 aromatic carbocycles. The highest BCUT2D eigenvalue weighted by Crippen LogP contribution is 2.40. The average Bonchev–Trinajstić information content (AvgIpc) is 3.57. The molecule has 0 bridgehead atoms. The summed E-state index contributed by atoms with van der Waals surface area (Å²) in [4.78, 5) is 15.0. The van der Waals surface area contributed by atoms with Crippen molar-refractivity contribution < 1.29 is 8.78 Å². The zero-order valence-electron chi connectivity index (χ0n) is 29.0.